The molecule has 0 saturated carbocycles. The Morgan fingerprint density at radius 3 is 2.40 bits per heavy atom. The van der Waals surface area contributed by atoms with Crippen molar-refractivity contribution in [1.82, 2.24) is 5.32 Å². The first-order chi connectivity index (χ1) is 16.8. The second-order valence-electron chi connectivity index (χ2n) is 8.91. The number of nitrogens with one attached hydrogen (secondary N) is 2. The lowest BCUT2D eigenvalue weighted by atomic mass is 10.0. The Morgan fingerprint density at radius 2 is 1.71 bits per heavy atom. The van der Waals surface area contributed by atoms with E-state index in [1.54, 1.807) is 32.9 Å². The molecule has 2 fully saturated rings. The second-order valence-corrected chi connectivity index (χ2v) is 8.91. The fraction of sp³-hybridized carbons (Fsp3) is 0.462. The molecule has 2 aromatic carbocycles. The average molecular weight is 485 g/mol. The summed E-state index contributed by atoms with van der Waals surface area (Å²) in [6.45, 7) is 5.88. The van der Waals surface area contributed by atoms with E-state index in [2.05, 4.69) is 10.6 Å². The molecular formula is C26H32N2O7. The van der Waals surface area contributed by atoms with Crippen molar-refractivity contribution in [3.63, 3.8) is 0 Å². The number of hydrogen-bond acceptors (Lipinski definition) is 7. The van der Waals surface area contributed by atoms with Crippen LogP contribution in [-0.4, -0.2) is 55.0 Å². The molecule has 5 atom stereocenters. The molecule has 0 spiro atoms. The van der Waals surface area contributed by atoms with Gasteiger partial charge in [-0.3, -0.25) is 4.79 Å². The van der Waals surface area contributed by atoms with Gasteiger partial charge in [-0.15, -0.1) is 0 Å². The summed E-state index contributed by atoms with van der Waals surface area (Å²) < 4.78 is 29.6. The van der Waals surface area contributed by atoms with Crippen LogP contribution in [0.25, 0.3) is 0 Å². The van der Waals surface area contributed by atoms with Crippen LogP contribution < -0.4 is 10.6 Å². The summed E-state index contributed by atoms with van der Waals surface area (Å²) in [7, 11) is 0. The van der Waals surface area contributed by atoms with Crippen molar-refractivity contribution in [3.05, 3.63) is 66.2 Å². The lowest BCUT2D eigenvalue weighted by Crippen LogP contribution is -2.52. The van der Waals surface area contributed by atoms with Crippen molar-refractivity contribution >= 4 is 17.7 Å². The molecule has 2 saturated heterocycles. The zero-order valence-corrected chi connectivity index (χ0v) is 20.1. The van der Waals surface area contributed by atoms with E-state index >= 15 is 0 Å². The Bertz CT molecular complexity index is 986. The number of fused-ring (bicyclic) bond motifs is 1. The van der Waals surface area contributed by atoms with E-state index in [0.29, 0.717) is 12.3 Å². The lowest BCUT2D eigenvalue weighted by Gasteiger charge is -2.31. The fourth-order valence-electron chi connectivity index (χ4n) is 4.29. The molecule has 0 radical (unpaired) electrons. The standard InChI is InChI=1S/C26H32N2O7/c1-4-31-20(29)15-19(28-25(30)27-18-13-9-6-10-14-18)21-22(32-16-17-11-7-5-8-12-17)23-24(33-21)35-26(2,3)34-23/h5-14,19,21-24H,4,15-16H2,1-3H3,(H2,27,28,30)/t19?,21-,22+,23-,24-/m1/s1. The number of amides is 2. The van der Waals surface area contributed by atoms with E-state index in [9.17, 15) is 9.59 Å². The van der Waals surface area contributed by atoms with Crippen LogP contribution in [-0.2, 0) is 35.1 Å². The van der Waals surface area contributed by atoms with E-state index in [0.717, 1.165) is 5.56 Å². The summed E-state index contributed by atoms with van der Waals surface area (Å²) in [4.78, 5) is 25.3. The van der Waals surface area contributed by atoms with Gasteiger partial charge in [0.15, 0.2) is 12.1 Å². The Hall–Kier alpha value is -2.98. The first-order valence-electron chi connectivity index (χ1n) is 11.8. The Balaban J connectivity index is 1.53. The Labute approximate surface area is 205 Å². The average Bonchev–Trinajstić information content (AvgIpc) is 3.30. The molecule has 9 nitrogen and oxygen atoms in total. The van der Waals surface area contributed by atoms with Crippen LogP contribution in [0, 0.1) is 0 Å². The number of esters is 1. The molecule has 188 valence electrons. The fourth-order valence-corrected chi connectivity index (χ4v) is 4.29. The molecule has 2 N–H and O–H groups in total. The van der Waals surface area contributed by atoms with E-state index in [1.165, 1.54) is 0 Å². The topological polar surface area (TPSA) is 104 Å². The molecule has 2 aliphatic rings. The smallest absolute Gasteiger partial charge is 0.319 e. The number of hydrogen-bond donors (Lipinski definition) is 2. The number of anilines is 1. The summed E-state index contributed by atoms with van der Waals surface area (Å²) in [5.74, 6) is -1.30. The van der Waals surface area contributed by atoms with E-state index in [1.807, 2.05) is 48.5 Å². The normalized spacial score (nSPS) is 25.5. The van der Waals surface area contributed by atoms with Crippen molar-refractivity contribution in [1.29, 1.82) is 0 Å². The molecule has 1 unspecified atom stereocenters. The van der Waals surface area contributed by atoms with E-state index < -0.39 is 48.4 Å². The van der Waals surface area contributed by atoms with Crippen molar-refractivity contribution in [3.8, 4) is 0 Å². The number of carbonyl (C=O) groups excluding carboxylic acids is 2. The Kier molecular flexibility index (Phi) is 8.02. The maximum absolute atomic E-state index is 12.8. The van der Waals surface area contributed by atoms with Gasteiger partial charge in [-0.2, -0.15) is 0 Å². The van der Waals surface area contributed by atoms with Crippen molar-refractivity contribution in [2.24, 2.45) is 0 Å². The van der Waals surface area contributed by atoms with E-state index in [-0.39, 0.29) is 13.0 Å². The number of benzene rings is 2. The van der Waals surface area contributed by atoms with Gasteiger partial charge in [-0.25, -0.2) is 4.79 Å². The number of carbonyl (C=O) groups is 2. The number of ether oxygens (including phenoxy) is 5. The van der Waals surface area contributed by atoms with Crippen molar-refractivity contribution in [2.45, 2.75) is 70.2 Å². The van der Waals surface area contributed by atoms with Crippen LogP contribution in [0.4, 0.5) is 10.5 Å². The summed E-state index contributed by atoms with van der Waals surface area (Å²) in [6.07, 6.45) is -2.63. The van der Waals surface area contributed by atoms with Crippen LogP contribution in [0.5, 0.6) is 0 Å². The van der Waals surface area contributed by atoms with Crippen LogP contribution >= 0.6 is 0 Å². The second kappa shape index (κ2) is 11.2. The summed E-state index contributed by atoms with van der Waals surface area (Å²) in [5.41, 5.74) is 1.60. The van der Waals surface area contributed by atoms with Crippen LogP contribution in [0.3, 0.4) is 0 Å². The molecule has 0 aromatic heterocycles. The molecular weight excluding hydrogens is 452 g/mol. The highest BCUT2D eigenvalue weighted by Gasteiger charge is 2.57. The summed E-state index contributed by atoms with van der Waals surface area (Å²) in [5, 5.41) is 5.64. The molecule has 2 heterocycles. The quantitative estimate of drug-likeness (QED) is 0.524. The monoisotopic (exact) mass is 484 g/mol. The minimum atomic E-state index is -0.844. The third-order valence-electron chi connectivity index (χ3n) is 5.75. The molecule has 0 bridgehead atoms. The SMILES string of the molecule is CCOC(=O)CC(NC(=O)Nc1ccccc1)[C@H]1O[C@@H]2OC(C)(C)O[C@@H]2[C@H]1OCc1ccccc1. The zero-order chi connectivity index (χ0) is 24.8. The van der Waals surface area contributed by atoms with E-state index in [4.69, 9.17) is 23.7 Å². The highest BCUT2D eigenvalue weighted by Crippen LogP contribution is 2.40. The van der Waals surface area contributed by atoms with Gasteiger partial charge in [-0.05, 0) is 38.5 Å². The largest absolute Gasteiger partial charge is 0.466 e. The number of para-hydroxylation sites is 1. The van der Waals surface area contributed by atoms with Gasteiger partial charge < -0.3 is 34.3 Å². The van der Waals surface area contributed by atoms with Gasteiger partial charge in [0.05, 0.1) is 25.7 Å². The van der Waals surface area contributed by atoms with Gasteiger partial charge >= 0.3 is 12.0 Å². The van der Waals surface area contributed by atoms with Gasteiger partial charge in [0.2, 0.25) is 0 Å². The first-order valence-corrected chi connectivity index (χ1v) is 11.8. The van der Waals surface area contributed by atoms with Gasteiger partial charge in [0.1, 0.15) is 18.3 Å². The lowest BCUT2D eigenvalue weighted by molar-refractivity contribution is -0.222. The van der Waals surface area contributed by atoms with Crippen molar-refractivity contribution in [2.75, 3.05) is 11.9 Å². The molecule has 9 heteroatoms. The highest BCUT2D eigenvalue weighted by molar-refractivity contribution is 5.89. The predicted molar refractivity (Wildman–Crippen MR) is 127 cm³/mol. The Morgan fingerprint density at radius 1 is 1.03 bits per heavy atom. The van der Waals surface area contributed by atoms with Gasteiger partial charge in [0, 0.05) is 5.69 Å². The first kappa shape index (κ1) is 25.1. The minimum absolute atomic E-state index is 0.102. The van der Waals surface area contributed by atoms with Crippen LogP contribution in [0.1, 0.15) is 32.8 Å². The maximum Gasteiger partial charge on any atom is 0.319 e. The van der Waals surface area contributed by atoms with Gasteiger partial charge in [-0.1, -0.05) is 48.5 Å². The molecule has 4 rings (SSSR count). The molecule has 2 amide bonds. The number of urea groups is 1. The third kappa shape index (κ3) is 6.58. The van der Waals surface area contributed by atoms with Gasteiger partial charge in [0.25, 0.3) is 0 Å². The molecule has 35 heavy (non-hydrogen) atoms. The molecule has 2 aliphatic heterocycles. The summed E-state index contributed by atoms with van der Waals surface area (Å²) in [6, 6.07) is 17.5. The predicted octanol–water partition coefficient (Wildman–Crippen LogP) is 3.59. The summed E-state index contributed by atoms with van der Waals surface area (Å²) >= 11 is 0. The number of rotatable bonds is 9. The van der Waals surface area contributed by atoms with Crippen LogP contribution in [0.15, 0.2) is 60.7 Å². The minimum Gasteiger partial charge on any atom is -0.466 e. The zero-order valence-electron chi connectivity index (χ0n) is 20.1. The highest BCUT2D eigenvalue weighted by atomic mass is 16.8. The third-order valence-corrected chi connectivity index (χ3v) is 5.75. The van der Waals surface area contributed by atoms with Crippen molar-refractivity contribution < 1.29 is 33.3 Å². The molecule has 0 aliphatic carbocycles. The molecule has 2 aromatic rings. The maximum atomic E-state index is 12.8. The van der Waals surface area contributed by atoms with Crippen LogP contribution in [0.2, 0.25) is 0 Å².